The lowest BCUT2D eigenvalue weighted by atomic mass is 10.0. The Kier molecular flexibility index (Phi) is 5.10. The third kappa shape index (κ3) is 4.12. The molecule has 5 rings (SSSR count). The Bertz CT molecular complexity index is 1260. The number of fused-ring (bicyclic) bond motifs is 2. The molecular weight excluding hydrogens is 412 g/mol. The first-order valence-electron chi connectivity index (χ1n) is 10.5. The second kappa shape index (κ2) is 7.80. The number of nitrogens with one attached hydrogen (secondary N) is 2. The summed E-state index contributed by atoms with van der Waals surface area (Å²) in [6.45, 7) is 2.22. The SMILES string of the molecule is NS(=O)(=O)C1CCN(Cc2ccc3[nH]c(C4=Cc5ccccc5NC4O)cc3c2)CC1. The summed E-state index contributed by atoms with van der Waals surface area (Å²) in [5.74, 6) is 0. The smallest absolute Gasteiger partial charge is 0.212 e. The van der Waals surface area contributed by atoms with Crippen molar-refractivity contribution in [2.75, 3.05) is 18.4 Å². The van der Waals surface area contributed by atoms with Crippen LogP contribution in [0.3, 0.4) is 0 Å². The first kappa shape index (κ1) is 20.3. The number of H-pyrrole nitrogens is 1. The number of aliphatic hydroxyl groups is 1. The van der Waals surface area contributed by atoms with E-state index in [1.807, 2.05) is 30.3 Å². The Morgan fingerprint density at radius 1 is 1.10 bits per heavy atom. The monoisotopic (exact) mass is 438 g/mol. The van der Waals surface area contributed by atoms with Crippen molar-refractivity contribution in [3.05, 3.63) is 65.4 Å². The Balaban J connectivity index is 1.35. The van der Waals surface area contributed by atoms with E-state index in [1.165, 1.54) is 5.56 Å². The van der Waals surface area contributed by atoms with Crippen molar-refractivity contribution in [3.8, 4) is 0 Å². The number of benzene rings is 2. The van der Waals surface area contributed by atoms with Gasteiger partial charge in [0.15, 0.2) is 6.23 Å². The lowest BCUT2D eigenvalue weighted by Gasteiger charge is -2.30. The first-order chi connectivity index (χ1) is 14.9. The molecule has 31 heavy (non-hydrogen) atoms. The average Bonchev–Trinajstić information content (AvgIpc) is 3.16. The van der Waals surface area contributed by atoms with Gasteiger partial charge in [-0.3, -0.25) is 4.90 Å². The molecule has 1 atom stereocenters. The number of sulfonamides is 1. The predicted molar refractivity (Wildman–Crippen MR) is 124 cm³/mol. The fourth-order valence-electron chi connectivity index (χ4n) is 4.54. The van der Waals surface area contributed by atoms with E-state index in [-0.39, 0.29) is 0 Å². The highest BCUT2D eigenvalue weighted by Gasteiger charge is 2.27. The molecule has 0 spiro atoms. The van der Waals surface area contributed by atoms with Crippen LogP contribution in [0, 0.1) is 0 Å². The minimum Gasteiger partial charge on any atom is -0.369 e. The van der Waals surface area contributed by atoms with Gasteiger partial charge in [0.25, 0.3) is 0 Å². The molecule has 2 aliphatic rings. The van der Waals surface area contributed by atoms with Crippen LogP contribution in [0.5, 0.6) is 0 Å². The van der Waals surface area contributed by atoms with Crippen LogP contribution < -0.4 is 10.5 Å². The molecule has 0 amide bonds. The van der Waals surface area contributed by atoms with Gasteiger partial charge in [0.1, 0.15) is 0 Å². The molecule has 162 valence electrons. The standard InChI is InChI=1S/C23H26N4O3S/c24-31(29,30)18-7-9-27(10-8-18)14-15-5-6-21-17(11-15)13-22(25-21)19-12-16-3-1-2-4-20(16)26-23(19)28/h1-6,11-13,18,23,25-26,28H,7-10,14H2,(H2,24,29,30). The van der Waals surface area contributed by atoms with Crippen molar-refractivity contribution in [1.82, 2.24) is 9.88 Å². The molecule has 3 heterocycles. The van der Waals surface area contributed by atoms with E-state index >= 15 is 0 Å². The lowest BCUT2D eigenvalue weighted by molar-refractivity contribution is 0.222. The highest BCUT2D eigenvalue weighted by molar-refractivity contribution is 7.89. The molecule has 2 aromatic carbocycles. The second-order valence-corrected chi connectivity index (χ2v) is 10.2. The predicted octanol–water partition coefficient (Wildman–Crippen LogP) is 2.71. The summed E-state index contributed by atoms with van der Waals surface area (Å²) in [6, 6.07) is 16.3. The van der Waals surface area contributed by atoms with E-state index in [4.69, 9.17) is 5.14 Å². The van der Waals surface area contributed by atoms with Gasteiger partial charge in [0.05, 0.1) is 5.25 Å². The molecule has 1 aromatic heterocycles. The van der Waals surface area contributed by atoms with E-state index in [9.17, 15) is 13.5 Å². The number of nitrogens with two attached hydrogens (primary N) is 1. The van der Waals surface area contributed by atoms with E-state index in [1.54, 1.807) is 0 Å². The Labute approximate surface area is 181 Å². The molecule has 7 nitrogen and oxygen atoms in total. The van der Waals surface area contributed by atoms with E-state index < -0.39 is 21.5 Å². The summed E-state index contributed by atoms with van der Waals surface area (Å²) < 4.78 is 23.1. The van der Waals surface area contributed by atoms with Crippen LogP contribution in [0.25, 0.3) is 22.6 Å². The number of anilines is 1. The second-order valence-electron chi connectivity index (χ2n) is 8.40. The van der Waals surface area contributed by atoms with Crippen LogP contribution in [0.2, 0.25) is 0 Å². The van der Waals surface area contributed by atoms with Gasteiger partial charge >= 0.3 is 0 Å². The van der Waals surface area contributed by atoms with Crippen molar-refractivity contribution >= 4 is 38.3 Å². The van der Waals surface area contributed by atoms with Gasteiger partial charge in [-0.15, -0.1) is 0 Å². The molecule has 1 saturated heterocycles. The number of aromatic amines is 1. The Hall–Kier alpha value is -2.65. The summed E-state index contributed by atoms with van der Waals surface area (Å²) in [4.78, 5) is 5.69. The van der Waals surface area contributed by atoms with Crippen LogP contribution in [0.4, 0.5) is 5.69 Å². The normalized spacial score (nSPS) is 20.3. The van der Waals surface area contributed by atoms with Gasteiger partial charge in [-0.1, -0.05) is 24.3 Å². The first-order valence-corrected chi connectivity index (χ1v) is 12.1. The van der Waals surface area contributed by atoms with Gasteiger partial charge in [-0.05, 0) is 67.4 Å². The topological polar surface area (TPSA) is 111 Å². The van der Waals surface area contributed by atoms with E-state index in [0.29, 0.717) is 12.8 Å². The maximum Gasteiger partial charge on any atom is 0.212 e. The molecule has 8 heteroatoms. The molecular formula is C23H26N4O3S. The molecule has 0 aliphatic carbocycles. The van der Waals surface area contributed by atoms with E-state index in [0.717, 1.165) is 53.1 Å². The van der Waals surface area contributed by atoms with Crippen LogP contribution in [0.1, 0.15) is 29.7 Å². The summed E-state index contributed by atoms with van der Waals surface area (Å²) in [6.07, 6.45) is 2.39. The number of primary sulfonamides is 1. The van der Waals surface area contributed by atoms with Crippen molar-refractivity contribution in [1.29, 1.82) is 0 Å². The van der Waals surface area contributed by atoms with E-state index in [2.05, 4.69) is 39.5 Å². The Morgan fingerprint density at radius 3 is 2.65 bits per heavy atom. The fourth-order valence-corrected chi connectivity index (χ4v) is 5.41. The molecule has 0 bridgehead atoms. The highest BCUT2D eigenvalue weighted by Crippen LogP contribution is 2.32. The zero-order valence-electron chi connectivity index (χ0n) is 17.1. The number of rotatable bonds is 4. The fraction of sp³-hybridized carbons (Fsp3) is 0.304. The zero-order chi connectivity index (χ0) is 21.6. The van der Waals surface area contributed by atoms with Crippen LogP contribution in [0.15, 0.2) is 48.5 Å². The van der Waals surface area contributed by atoms with Crippen LogP contribution >= 0.6 is 0 Å². The van der Waals surface area contributed by atoms with Crippen molar-refractivity contribution in [2.45, 2.75) is 30.9 Å². The number of hydrogen-bond donors (Lipinski definition) is 4. The summed E-state index contributed by atoms with van der Waals surface area (Å²) >= 11 is 0. The number of hydrogen-bond acceptors (Lipinski definition) is 5. The number of para-hydroxylation sites is 1. The highest BCUT2D eigenvalue weighted by atomic mass is 32.2. The number of likely N-dealkylation sites (tertiary alicyclic amines) is 1. The zero-order valence-corrected chi connectivity index (χ0v) is 17.9. The number of aromatic nitrogens is 1. The minimum atomic E-state index is -3.44. The number of aliphatic hydroxyl groups excluding tert-OH is 1. The van der Waals surface area contributed by atoms with Gasteiger partial charge in [-0.25, -0.2) is 13.6 Å². The molecule has 1 unspecified atom stereocenters. The quantitative estimate of drug-likeness (QED) is 0.500. The largest absolute Gasteiger partial charge is 0.369 e. The summed E-state index contributed by atoms with van der Waals surface area (Å²) in [5.41, 5.74) is 5.85. The maximum absolute atomic E-state index is 11.6. The number of nitrogens with zero attached hydrogens (tertiary/aromatic N) is 1. The van der Waals surface area contributed by atoms with Gasteiger partial charge in [0.2, 0.25) is 10.0 Å². The minimum absolute atomic E-state index is 0.424. The molecule has 0 saturated carbocycles. The van der Waals surface area contributed by atoms with Gasteiger partial charge in [-0.2, -0.15) is 0 Å². The van der Waals surface area contributed by atoms with Crippen LogP contribution in [-0.2, 0) is 16.6 Å². The average molecular weight is 439 g/mol. The van der Waals surface area contributed by atoms with Crippen molar-refractivity contribution in [2.24, 2.45) is 5.14 Å². The lowest BCUT2D eigenvalue weighted by Crippen LogP contribution is -2.41. The molecule has 5 N–H and O–H groups in total. The third-order valence-corrected chi connectivity index (χ3v) is 7.66. The van der Waals surface area contributed by atoms with Crippen molar-refractivity contribution < 1.29 is 13.5 Å². The Morgan fingerprint density at radius 2 is 1.87 bits per heavy atom. The van der Waals surface area contributed by atoms with Gasteiger partial charge in [0, 0.05) is 34.4 Å². The molecule has 1 fully saturated rings. The molecule has 3 aromatic rings. The molecule has 2 aliphatic heterocycles. The maximum atomic E-state index is 11.6. The third-order valence-electron chi connectivity index (χ3n) is 6.26. The number of piperidine rings is 1. The summed E-state index contributed by atoms with van der Waals surface area (Å²) in [5, 5.41) is 19.7. The van der Waals surface area contributed by atoms with Crippen molar-refractivity contribution in [3.63, 3.8) is 0 Å². The van der Waals surface area contributed by atoms with Gasteiger partial charge < -0.3 is 15.4 Å². The van der Waals surface area contributed by atoms with Crippen LogP contribution in [-0.4, -0.2) is 48.0 Å². The summed E-state index contributed by atoms with van der Waals surface area (Å²) in [7, 11) is -3.44. The molecule has 0 radical (unpaired) electrons.